The number of hydrogen-bond donors (Lipinski definition) is 0. The van der Waals surface area contributed by atoms with Crippen LogP contribution in [-0.2, 0) is 0 Å². The summed E-state index contributed by atoms with van der Waals surface area (Å²) in [6.45, 7) is 4.05. The lowest BCUT2D eigenvalue weighted by molar-refractivity contribution is 1.64. The first-order chi connectivity index (χ1) is 6.58. The van der Waals surface area contributed by atoms with Gasteiger partial charge in [0.25, 0.3) is 0 Å². The third-order valence-electron chi connectivity index (χ3n) is 1.96. The molecular weight excluding hydrogens is 255 g/mol. The van der Waals surface area contributed by atoms with E-state index in [1.165, 1.54) is 9.75 Å². The molecule has 0 N–H and O–H groups in total. The Morgan fingerprint density at radius 2 is 1.21 bits per heavy atom. The van der Waals surface area contributed by atoms with Gasteiger partial charge < -0.3 is 0 Å². The first-order valence-corrected chi connectivity index (χ1v) is 6.49. The molecule has 0 amide bonds. The van der Waals surface area contributed by atoms with Gasteiger partial charge in [-0.15, -0.1) is 22.7 Å². The molecule has 0 fully saturated rings. The van der Waals surface area contributed by atoms with E-state index in [4.69, 9.17) is 23.2 Å². The first kappa shape index (κ1) is 10.5. The topological polar surface area (TPSA) is 0 Å². The zero-order chi connectivity index (χ0) is 10.3. The normalized spacial score (nSPS) is 10.9. The maximum absolute atomic E-state index is 6.01. The summed E-state index contributed by atoms with van der Waals surface area (Å²) in [7, 11) is 0. The van der Waals surface area contributed by atoms with Crippen LogP contribution in [0.1, 0.15) is 9.75 Å². The fourth-order valence-electron chi connectivity index (χ4n) is 1.16. The number of hydrogen-bond acceptors (Lipinski definition) is 2. The molecule has 4 heteroatoms. The lowest BCUT2D eigenvalue weighted by Gasteiger charge is -1.86. The Bertz CT molecular complexity index is 385. The Labute approximate surface area is 101 Å². The van der Waals surface area contributed by atoms with Crippen molar-refractivity contribution in [1.82, 2.24) is 0 Å². The molecule has 2 aromatic rings. The summed E-state index contributed by atoms with van der Waals surface area (Å²) in [4.78, 5) is 4.72. The van der Waals surface area contributed by atoms with Gasteiger partial charge in [-0.2, -0.15) is 0 Å². The van der Waals surface area contributed by atoms with Gasteiger partial charge in [0.1, 0.15) is 0 Å². The summed E-state index contributed by atoms with van der Waals surface area (Å²) in [5, 5.41) is 1.68. The lowest BCUT2D eigenvalue weighted by atomic mass is 10.3. The van der Waals surface area contributed by atoms with Crippen molar-refractivity contribution in [2.75, 3.05) is 0 Å². The van der Waals surface area contributed by atoms with Gasteiger partial charge in [0.15, 0.2) is 0 Å². The molecule has 2 rings (SSSR count). The second-order valence-corrected chi connectivity index (χ2v) is 6.36. The van der Waals surface area contributed by atoms with Gasteiger partial charge >= 0.3 is 0 Å². The average Bonchev–Trinajstić information content (AvgIpc) is 2.60. The SMILES string of the molecule is Cc1sc(-c2cc(Cl)c(C)s2)cc1Cl. The minimum absolute atomic E-state index is 0.840. The van der Waals surface area contributed by atoms with Crippen LogP contribution in [0, 0.1) is 13.8 Å². The molecular formula is C10H8Cl2S2. The van der Waals surface area contributed by atoms with Crippen molar-refractivity contribution in [3.63, 3.8) is 0 Å². The standard InChI is InChI=1S/C10H8Cl2S2/c1-5-7(11)3-9(13-5)10-4-8(12)6(2)14-10/h3-4H,1-2H3. The molecule has 0 aliphatic carbocycles. The van der Waals surface area contributed by atoms with E-state index < -0.39 is 0 Å². The highest BCUT2D eigenvalue weighted by Gasteiger charge is 2.09. The summed E-state index contributed by atoms with van der Waals surface area (Å²) < 4.78 is 0. The van der Waals surface area contributed by atoms with Gasteiger partial charge in [-0.25, -0.2) is 0 Å². The zero-order valence-electron chi connectivity index (χ0n) is 7.73. The maximum atomic E-state index is 6.01. The molecule has 0 saturated carbocycles. The maximum Gasteiger partial charge on any atom is 0.0548 e. The second-order valence-electron chi connectivity index (χ2n) is 3.03. The van der Waals surface area contributed by atoms with E-state index in [0.29, 0.717) is 0 Å². The predicted molar refractivity (Wildman–Crippen MR) is 67.1 cm³/mol. The molecule has 0 aliphatic rings. The van der Waals surface area contributed by atoms with Gasteiger partial charge in [0.2, 0.25) is 0 Å². The smallest absolute Gasteiger partial charge is 0.0548 e. The van der Waals surface area contributed by atoms with Crippen molar-refractivity contribution in [3.05, 3.63) is 31.9 Å². The number of thiophene rings is 2. The Hall–Kier alpha value is -0.0200. The van der Waals surface area contributed by atoms with Crippen LogP contribution in [-0.4, -0.2) is 0 Å². The van der Waals surface area contributed by atoms with E-state index in [-0.39, 0.29) is 0 Å². The van der Waals surface area contributed by atoms with Gasteiger partial charge in [0.05, 0.1) is 10.0 Å². The molecule has 2 heterocycles. The van der Waals surface area contributed by atoms with E-state index in [2.05, 4.69) is 0 Å². The summed E-state index contributed by atoms with van der Waals surface area (Å²) in [5.74, 6) is 0. The number of rotatable bonds is 1. The fourth-order valence-corrected chi connectivity index (χ4v) is 3.64. The van der Waals surface area contributed by atoms with Crippen LogP contribution >= 0.6 is 45.9 Å². The summed E-state index contributed by atoms with van der Waals surface area (Å²) >= 11 is 15.4. The van der Waals surface area contributed by atoms with E-state index in [1.54, 1.807) is 22.7 Å². The molecule has 0 nitrogen and oxygen atoms in total. The monoisotopic (exact) mass is 262 g/mol. The lowest BCUT2D eigenvalue weighted by Crippen LogP contribution is -1.57. The van der Waals surface area contributed by atoms with E-state index in [1.807, 2.05) is 26.0 Å². The van der Waals surface area contributed by atoms with E-state index in [0.717, 1.165) is 19.8 Å². The van der Waals surface area contributed by atoms with Crippen molar-refractivity contribution in [1.29, 1.82) is 0 Å². The van der Waals surface area contributed by atoms with Crippen LogP contribution in [0.15, 0.2) is 12.1 Å². The van der Waals surface area contributed by atoms with Crippen LogP contribution < -0.4 is 0 Å². The highest BCUT2D eigenvalue weighted by molar-refractivity contribution is 7.22. The predicted octanol–water partition coefficient (Wildman–Crippen LogP) is 5.40. The summed E-state index contributed by atoms with van der Waals surface area (Å²) in [6, 6.07) is 4.01. The molecule has 74 valence electrons. The number of halogens is 2. The molecule has 0 saturated heterocycles. The zero-order valence-corrected chi connectivity index (χ0v) is 10.9. The minimum Gasteiger partial charge on any atom is -0.138 e. The van der Waals surface area contributed by atoms with Gasteiger partial charge in [-0.05, 0) is 26.0 Å². The Morgan fingerprint density at radius 1 is 0.857 bits per heavy atom. The quantitative estimate of drug-likeness (QED) is 0.646. The molecule has 0 atom stereocenters. The summed E-state index contributed by atoms with van der Waals surface area (Å²) in [6.07, 6.45) is 0. The average molecular weight is 263 g/mol. The Balaban J connectivity index is 2.49. The highest BCUT2D eigenvalue weighted by atomic mass is 35.5. The van der Waals surface area contributed by atoms with Crippen LogP contribution in [0.5, 0.6) is 0 Å². The van der Waals surface area contributed by atoms with Gasteiger partial charge in [-0.1, -0.05) is 23.2 Å². The third-order valence-corrected chi connectivity index (χ3v) is 5.26. The first-order valence-electron chi connectivity index (χ1n) is 4.10. The molecule has 2 aromatic heterocycles. The largest absolute Gasteiger partial charge is 0.138 e. The van der Waals surface area contributed by atoms with Gasteiger partial charge in [0, 0.05) is 19.5 Å². The van der Waals surface area contributed by atoms with E-state index in [9.17, 15) is 0 Å². The number of aryl methyl sites for hydroxylation is 2. The second kappa shape index (κ2) is 3.86. The Morgan fingerprint density at radius 3 is 1.43 bits per heavy atom. The van der Waals surface area contributed by atoms with Crippen LogP contribution in [0.2, 0.25) is 10.0 Å². The molecule has 0 radical (unpaired) electrons. The fraction of sp³-hybridized carbons (Fsp3) is 0.200. The molecule has 0 aliphatic heterocycles. The molecule has 0 bridgehead atoms. The van der Waals surface area contributed by atoms with Crippen LogP contribution in [0.3, 0.4) is 0 Å². The molecule has 14 heavy (non-hydrogen) atoms. The van der Waals surface area contributed by atoms with Crippen molar-refractivity contribution in [3.8, 4) is 9.75 Å². The van der Waals surface area contributed by atoms with E-state index >= 15 is 0 Å². The Kier molecular flexibility index (Phi) is 2.89. The minimum atomic E-state index is 0.840. The van der Waals surface area contributed by atoms with Gasteiger partial charge in [-0.3, -0.25) is 0 Å². The molecule has 0 aromatic carbocycles. The third kappa shape index (κ3) is 1.84. The van der Waals surface area contributed by atoms with Crippen LogP contribution in [0.4, 0.5) is 0 Å². The van der Waals surface area contributed by atoms with Crippen molar-refractivity contribution >= 4 is 45.9 Å². The molecule has 0 unspecified atom stereocenters. The molecule has 0 spiro atoms. The van der Waals surface area contributed by atoms with Crippen LogP contribution in [0.25, 0.3) is 9.75 Å². The highest BCUT2D eigenvalue weighted by Crippen LogP contribution is 2.39. The van der Waals surface area contributed by atoms with Crippen molar-refractivity contribution < 1.29 is 0 Å². The van der Waals surface area contributed by atoms with Crippen molar-refractivity contribution in [2.45, 2.75) is 13.8 Å². The van der Waals surface area contributed by atoms with Crippen molar-refractivity contribution in [2.24, 2.45) is 0 Å². The summed E-state index contributed by atoms with van der Waals surface area (Å²) in [5.41, 5.74) is 0.